The Morgan fingerprint density at radius 3 is 2.54 bits per heavy atom. The molecule has 0 bridgehead atoms. The number of nitrogens with one attached hydrogen (secondary N) is 2. The van der Waals surface area contributed by atoms with E-state index in [0.717, 1.165) is 16.9 Å². The fourth-order valence-corrected chi connectivity index (χ4v) is 4.21. The van der Waals surface area contributed by atoms with Crippen molar-refractivity contribution in [1.82, 2.24) is 5.48 Å². The molecule has 0 saturated carbocycles. The minimum absolute atomic E-state index is 0.207. The van der Waals surface area contributed by atoms with E-state index in [-0.39, 0.29) is 16.4 Å². The molecule has 134 valence electrons. The van der Waals surface area contributed by atoms with Gasteiger partial charge in [0.05, 0.1) is 6.61 Å². The van der Waals surface area contributed by atoms with Crippen LogP contribution in [0.5, 0.6) is 0 Å². The van der Waals surface area contributed by atoms with Gasteiger partial charge in [-0.15, -0.1) is 11.3 Å². The standard InChI is InChI=1S/C18H16N2O4S2/c21-18(19-24-13-14-6-2-1-3-7-14)15-8-4-9-16(12-15)20-26(22,23)17-10-5-11-25-17/h1-12,20H,13H2,(H,19,21). The molecule has 0 spiro atoms. The molecule has 3 aromatic rings. The second-order valence-corrected chi connectivity index (χ2v) is 8.18. The zero-order valence-corrected chi connectivity index (χ0v) is 15.2. The Balaban J connectivity index is 1.62. The van der Waals surface area contributed by atoms with E-state index in [0.29, 0.717) is 5.69 Å². The Morgan fingerprint density at radius 2 is 1.81 bits per heavy atom. The molecule has 26 heavy (non-hydrogen) atoms. The fraction of sp³-hybridized carbons (Fsp3) is 0.0556. The summed E-state index contributed by atoms with van der Waals surface area (Å²) in [5.74, 6) is -0.460. The number of hydrogen-bond acceptors (Lipinski definition) is 5. The number of carbonyl (C=O) groups is 1. The van der Waals surface area contributed by atoms with Crippen LogP contribution in [0.1, 0.15) is 15.9 Å². The maximum atomic E-state index is 12.2. The van der Waals surface area contributed by atoms with Crippen LogP contribution < -0.4 is 10.2 Å². The van der Waals surface area contributed by atoms with Crippen LogP contribution in [0.15, 0.2) is 76.3 Å². The van der Waals surface area contributed by atoms with Gasteiger partial charge in [-0.25, -0.2) is 13.9 Å². The van der Waals surface area contributed by atoms with E-state index in [2.05, 4.69) is 10.2 Å². The van der Waals surface area contributed by atoms with E-state index < -0.39 is 15.9 Å². The van der Waals surface area contributed by atoms with Gasteiger partial charge in [0, 0.05) is 11.3 Å². The molecule has 1 heterocycles. The van der Waals surface area contributed by atoms with Gasteiger partial charge in [-0.05, 0) is 35.2 Å². The zero-order valence-electron chi connectivity index (χ0n) is 13.6. The van der Waals surface area contributed by atoms with Gasteiger partial charge in [0.25, 0.3) is 15.9 Å². The first-order valence-corrected chi connectivity index (χ1v) is 10.0. The van der Waals surface area contributed by atoms with Crippen molar-refractivity contribution >= 4 is 33.0 Å². The van der Waals surface area contributed by atoms with Gasteiger partial charge in [-0.1, -0.05) is 42.5 Å². The fourth-order valence-electron chi connectivity index (χ4n) is 2.16. The van der Waals surface area contributed by atoms with Crippen LogP contribution in [0.3, 0.4) is 0 Å². The Labute approximate surface area is 155 Å². The Hall–Kier alpha value is -2.68. The van der Waals surface area contributed by atoms with Crippen molar-refractivity contribution in [3.63, 3.8) is 0 Å². The van der Waals surface area contributed by atoms with Gasteiger partial charge >= 0.3 is 0 Å². The highest BCUT2D eigenvalue weighted by atomic mass is 32.2. The summed E-state index contributed by atoms with van der Waals surface area (Å²) in [7, 11) is -3.66. The normalized spacial score (nSPS) is 11.1. The average Bonchev–Trinajstić information content (AvgIpc) is 3.18. The smallest absolute Gasteiger partial charge is 0.274 e. The summed E-state index contributed by atoms with van der Waals surface area (Å²) >= 11 is 1.12. The lowest BCUT2D eigenvalue weighted by atomic mass is 10.2. The van der Waals surface area contributed by atoms with Crippen LogP contribution in [0.2, 0.25) is 0 Å². The molecule has 0 radical (unpaired) electrons. The molecule has 0 aliphatic heterocycles. The summed E-state index contributed by atoms with van der Waals surface area (Å²) in [6, 6.07) is 18.8. The molecule has 3 rings (SSSR count). The Kier molecular flexibility index (Phi) is 5.67. The van der Waals surface area contributed by atoms with Crippen molar-refractivity contribution in [3.8, 4) is 0 Å². The highest BCUT2D eigenvalue weighted by molar-refractivity contribution is 7.94. The zero-order chi connectivity index (χ0) is 18.4. The summed E-state index contributed by atoms with van der Waals surface area (Å²) in [6.07, 6.45) is 0. The number of rotatable bonds is 7. The summed E-state index contributed by atoms with van der Waals surface area (Å²) in [5, 5.41) is 1.68. The molecular weight excluding hydrogens is 372 g/mol. The van der Waals surface area contributed by atoms with Gasteiger partial charge in [0.1, 0.15) is 4.21 Å². The highest BCUT2D eigenvalue weighted by Gasteiger charge is 2.16. The van der Waals surface area contributed by atoms with Crippen molar-refractivity contribution in [3.05, 3.63) is 83.2 Å². The lowest BCUT2D eigenvalue weighted by Crippen LogP contribution is -2.23. The van der Waals surface area contributed by atoms with Crippen LogP contribution in [0.25, 0.3) is 0 Å². The second-order valence-electron chi connectivity index (χ2n) is 5.32. The van der Waals surface area contributed by atoms with Crippen LogP contribution >= 0.6 is 11.3 Å². The van der Waals surface area contributed by atoms with Gasteiger partial charge in [0.2, 0.25) is 0 Å². The third-order valence-electron chi connectivity index (χ3n) is 3.38. The van der Waals surface area contributed by atoms with Gasteiger partial charge in [-0.3, -0.25) is 14.4 Å². The first-order valence-electron chi connectivity index (χ1n) is 7.67. The molecule has 1 aromatic heterocycles. The molecule has 1 amide bonds. The van der Waals surface area contributed by atoms with Crippen molar-refractivity contribution in [1.29, 1.82) is 0 Å². The number of anilines is 1. The molecule has 6 nitrogen and oxygen atoms in total. The molecule has 0 fully saturated rings. The topological polar surface area (TPSA) is 84.5 Å². The van der Waals surface area contributed by atoms with E-state index in [1.165, 1.54) is 12.1 Å². The molecular formula is C18H16N2O4S2. The van der Waals surface area contributed by atoms with Crippen LogP contribution in [-0.2, 0) is 21.5 Å². The van der Waals surface area contributed by atoms with Gasteiger partial charge in [0.15, 0.2) is 0 Å². The SMILES string of the molecule is O=C(NOCc1ccccc1)c1cccc(NS(=O)(=O)c2cccs2)c1. The highest BCUT2D eigenvalue weighted by Crippen LogP contribution is 2.20. The predicted molar refractivity (Wildman–Crippen MR) is 100 cm³/mol. The lowest BCUT2D eigenvalue weighted by molar-refractivity contribution is 0.0233. The van der Waals surface area contributed by atoms with E-state index in [9.17, 15) is 13.2 Å². The first-order chi connectivity index (χ1) is 12.5. The minimum atomic E-state index is -3.66. The number of benzene rings is 2. The maximum Gasteiger partial charge on any atom is 0.274 e. The van der Waals surface area contributed by atoms with E-state index in [1.54, 1.807) is 29.6 Å². The van der Waals surface area contributed by atoms with Crippen LogP contribution in [-0.4, -0.2) is 14.3 Å². The number of thiophene rings is 1. The summed E-state index contributed by atoms with van der Waals surface area (Å²) in [5.41, 5.74) is 3.85. The molecule has 0 aliphatic carbocycles. The average molecular weight is 388 g/mol. The van der Waals surface area contributed by atoms with Crippen molar-refractivity contribution < 1.29 is 18.0 Å². The largest absolute Gasteiger partial charge is 0.279 e. The van der Waals surface area contributed by atoms with Crippen molar-refractivity contribution in [2.75, 3.05) is 4.72 Å². The molecule has 0 aliphatic rings. The van der Waals surface area contributed by atoms with E-state index >= 15 is 0 Å². The second kappa shape index (κ2) is 8.13. The number of hydrogen-bond donors (Lipinski definition) is 2. The third kappa shape index (κ3) is 4.69. The molecule has 2 aromatic carbocycles. The van der Waals surface area contributed by atoms with Crippen molar-refractivity contribution in [2.45, 2.75) is 10.8 Å². The molecule has 2 N–H and O–H groups in total. The monoisotopic (exact) mass is 388 g/mol. The van der Waals surface area contributed by atoms with Gasteiger partial charge < -0.3 is 0 Å². The molecule has 0 saturated heterocycles. The van der Waals surface area contributed by atoms with Crippen molar-refractivity contribution in [2.24, 2.45) is 0 Å². The number of hydroxylamine groups is 1. The Bertz CT molecular complexity index is 971. The quantitative estimate of drug-likeness (QED) is 0.608. The van der Waals surface area contributed by atoms with E-state index in [4.69, 9.17) is 4.84 Å². The minimum Gasteiger partial charge on any atom is -0.279 e. The Morgan fingerprint density at radius 1 is 1.00 bits per heavy atom. The third-order valence-corrected chi connectivity index (χ3v) is 6.16. The van der Waals surface area contributed by atoms with Crippen LogP contribution in [0.4, 0.5) is 5.69 Å². The summed E-state index contributed by atoms with van der Waals surface area (Å²) < 4.78 is 27.2. The first kappa shape index (κ1) is 18.1. The number of amides is 1. The van der Waals surface area contributed by atoms with Gasteiger partial charge in [-0.2, -0.15) is 0 Å². The van der Waals surface area contributed by atoms with E-state index in [1.807, 2.05) is 30.3 Å². The lowest BCUT2D eigenvalue weighted by Gasteiger charge is -2.09. The predicted octanol–water partition coefficient (Wildman–Crippen LogP) is 3.41. The summed E-state index contributed by atoms with van der Waals surface area (Å²) in [6.45, 7) is 0.233. The number of carbonyl (C=O) groups excluding carboxylic acids is 1. The van der Waals surface area contributed by atoms with Crippen LogP contribution in [0, 0.1) is 0 Å². The number of sulfonamides is 1. The molecule has 8 heteroatoms. The molecule has 0 unspecified atom stereocenters. The summed E-state index contributed by atoms with van der Waals surface area (Å²) in [4.78, 5) is 17.4. The maximum absolute atomic E-state index is 12.2. The molecule has 0 atom stereocenters.